The van der Waals surface area contributed by atoms with Crippen molar-refractivity contribution >= 4 is 28.1 Å². The Bertz CT molecular complexity index is 1180. The largest absolute Gasteiger partial charge is 0.465 e. The molecule has 4 aromatic rings. The molecule has 0 saturated heterocycles. The molecule has 0 atom stereocenters. The van der Waals surface area contributed by atoms with Gasteiger partial charge in [0.25, 0.3) is 0 Å². The second kappa shape index (κ2) is 8.78. The SMILES string of the molecule is CCCc1cccc(Nc2cnc(-c3ccc(C(=O)OC)cc3)c3ccccc23)c1. The monoisotopic (exact) mass is 396 g/mol. The second-order valence-corrected chi connectivity index (χ2v) is 7.21. The zero-order valence-corrected chi connectivity index (χ0v) is 17.2. The molecule has 0 fully saturated rings. The fourth-order valence-corrected chi connectivity index (χ4v) is 3.65. The third kappa shape index (κ3) is 4.03. The number of nitrogens with zero attached hydrogens (tertiary/aromatic N) is 1. The van der Waals surface area contributed by atoms with Gasteiger partial charge in [-0.15, -0.1) is 0 Å². The quantitative estimate of drug-likeness (QED) is 0.384. The number of anilines is 2. The molecule has 150 valence electrons. The van der Waals surface area contributed by atoms with Crippen LogP contribution in [0.3, 0.4) is 0 Å². The lowest BCUT2D eigenvalue weighted by Crippen LogP contribution is -2.00. The van der Waals surface area contributed by atoms with Crippen molar-refractivity contribution in [3.8, 4) is 11.3 Å². The van der Waals surface area contributed by atoms with Crippen LogP contribution in [0.15, 0.2) is 79.0 Å². The number of ether oxygens (including phenoxy) is 1. The van der Waals surface area contributed by atoms with Gasteiger partial charge in [0.2, 0.25) is 0 Å². The Kier molecular flexibility index (Phi) is 5.75. The molecule has 4 nitrogen and oxygen atoms in total. The molecule has 0 aliphatic carbocycles. The first kappa shape index (κ1) is 19.6. The minimum Gasteiger partial charge on any atom is -0.465 e. The smallest absolute Gasteiger partial charge is 0.337 e. The molecule has 1 N–H and O–H groups in total. The molecule has 0 saturated carbocycles. The molecule has 0 aliphatic heterocycles. The van der Waals surface area contributed by atoms with Crippen molar-refractivity contribution in [2.75, 3.05) is 12.4 Å². The number of aromatic nitrogens is 1. The predicted molar refractivity (Wildman–Crippen MR) is 122 cm³/mol. The molecular weight excluding hydrogens is 372 g/mol. The van der Waals surface area contributed by atoms with Gasteiger partial charge < -0.3 is 10.1 Å². The summed E-state index contributed by atoms with van der Waals surface area (Å²) < 4.78 is 4.79. The summed E-state index contributed by atoms with van der Waals surface area (Å²) in [6.07, 6.45) is 4.06. The highest BCUT2D eigenvalue weighted by Crippen LogP contribution is 2.33. The van der Waals surface area contributed by atoms with Gasteiger partial charge in [0.05, 0.1) is 30.3 Å². The maximum Gasteiger partial charge on any atom is 0.337 e. The number of nitrogens with one attached hydrogen (secondary N) is 1. The lowest BCUT2D eigenvalue weighted by molar-refractivity contribution is 0.0601. The lowest BCUT2D eigenvalue weighted by Gasteiger charge is -2.13. The maximum atomic E-state index is 11.7. The lowest BCUT2D eigenvalue weighted by atomic mass is 10.0. The average Bonchev–Trinajstić information content (AvgIpc) is 2.79. The van der Waals surface area contributed by atoms with Crippen LogP contribution in [0.4, 0.5) is 11.4 Å². The van der Waals surface area contributed by atoms with E-state index in [2.05, 4.69) is 48.6 Å². The van der Waals surface area contributed by atoms with E-state index in [1.54, 1.807) is 12.1 Å². The van der Waals surface area contributed by atoms with E-state index >= 15 is 0 Å². The van der Waals surface area contributed by atoms with Crippen LogP contribution in [0.25, 0.3) is 22.0 Å². The van der Waals surface area contributed by atoms with Crippen LogP contribution in [-0.2, 0) is 11.2 Å². The number of hydrogen-bond acceptors (Lipinski definition) is 4. The number of rotatable bonds is 6. The third-order valence-corrected chi connectivity index (χ3v) is 5.12. The second-order valence-electron chi connectivity index (χ2n) is 7.21. The summed E-state index contributed by atoms with van der Waals surface area (Å²) in [5.41, 5.74) is 5.71. The molecule has 1 heterocycles. The van der Waals surface area contributed by atoms with Crippen molar-refractivity contribution in [1.82, 2.24) is 4.98 Å². The van der Waals surface area contributed by atoms with E-state index in [-0.39, 0.29) is 5.97 Å². The van der Waals surface area contributed by atoms with Crippen molar-refractivity contribution in [1.29, 1.82) is 0 Å². The number of methoxy groups -OCH3 is 1. The number of pyridine rings is 1. The zero-order chi connectivity index (χ0) is 20.9. The van der Waals surface area contributed by atoms with E-state index in [4.69, 9.17) is 9.72 Å². The van der Waals surface area contributed by atoms with Gasteiger partial charge >= 0.3 is 5.97 Å². The molecule has 0 spiro atoms. The highest BCUT2D eigenvalue weighted by atomic mass is 16.5. The van der Waals surface area contributed by atoms with Crippen LogP contribution in [0, 0.1) is 0 Å². The Morgan fingerprint density at radius 2 is 1.73 bits per heavy atom. The van der Waals surface area contributed by atoms with Crippen LogP contribution in [-0.4, -0.2) is 18.1 Å². The van der Waals surface area contributed by atoms with Crippen molar-refractivity contribution in [3.63, 3.8) is 0 Å². The van der Waals surface area contributed by atoms with Crippen LogP contribution < -0.4 is 5.32 Å². The number of carbonyl (C=O) groups excluding carboxylic acids is 1. The van der Waals surface area contributed by atoms with E-state index < -0.39 is 0 Å². The Labute approximate surface area is 176 Å². The van der Waals surface area contributed by atoms with Gasteiger partial charge in [0.1, 0.15) is 0 Å². The van der Waals surface area contributed by atoms with Crippen molar-refractivity contribution in [2.45, 2.75) is 19.8 Å². The van der Waals surface area contributed by atoms with Crippen LogP contribution >= 0.6 is 0 Å². The van der Waals surface area contributed by atoms with Gasteiger partial charge in [-0.2, -0.15) is 0 Å². The molecule has 0 aliphatic rings. The predicted octanol–water partition coefficient (Wildman–Crippen LogP) is 6.38. The van der Waals surface area contributed by atoms with Gasteiger partial charge in [-0.1, -0.05) is 61.9 Å². The molecule has 4 heteroatoms. The average molecular weight is 396 g/mol. The van der Waals surface area contributed by atoms with Gasteiger partial charge in [-0.05, 0) is 36.2 Å². The Morgan fingerprint density at radius 1 is 0.967 bits per heavy atom. The van der Waals surface area contributed by atoms with Crippen LogP contribution in [0.5, 0.6) is 0 Å². The summed E-state index contributed by atoms with van der Waals surface area (Å²) >= 11 is 0. The fourth-order valence-electron chi connectivity index (χ4n) is 3.65. The zero-order valence-electron chi connectivity index (χ0n) is 17.2. The first-order chi connectivity index (χ1) is 14.7. The highest BCUT2D eigenvalue weighted by Gasteiger charge is 2.11. The molecule has 0 unspecified atom stereocenters. The van der Waals surface area contributed by atoms with Crippen molar-refractivity contribution in [3.05, 3.63) is 90.1 Å². The molecule has 4 rings (SSSR count). The summed E-state index contributed by atoms with van der Waals surface area (Å²) in [5, 5.41) is 5.68. The molecule has 3 aromatic carbocycles. The first-order valence-electron chi connectivity index (χ1n) is 10.1. The van der Waals surface area contributed by atoms with Gasteiger partial charge in [0, 0.05) is 22.0 Å². The maximum absolute atomic E-state index is 11.7. The number of esters is 1. The standard InChI is InChI=1S/C26H24N2O2/c1-3-7-18-8-6-9-21(16-18)28-24-17-27-25(23-11-5-4-10-22(23)24)19-12-14-20(15-13-19)26(29)30-2/h4-6,8-17,28H,3,7H2,1-2H3. The Balaban J connectivity index is 1.72. The summed E-state index contributed by atoms with van der Waals surface area (Å²) in [7, 11) is 1.38. The number of carbonyl (C=O) groups is 1. The van der Waals surface area contributed by atoms with Crippen LogP contribution in [0.2, 0.25) is 0 Å². The third-order valence-electron chi connectivity index (χ3n) is 5.12. The van der Waals surface area contributed by atoms with Gasteiger partial charge in [-0.3, -0.25) is 4.98 Å². The number of hydrogen-bond donors (Lipinski definition) is 1. The fraction of sp³-hybridized carbons (Fsp3) is 0.154. The molecule has 0 amide bonds. The van der Waals surface area contributed by atoms with Crippen molar-refractivity contribution < 1.29 is 9.53 Å². The molecular formula is C26H24N2O2. The summed E-state index contributed by atoms with van der Waals surface area (Å²) in [4.78, 5) is 16.5. The number of aryl methyl sites for hydroxylation is 1. The van der Waals surface area contributed by atoms with Gasteiger partial charge in [0.15, 0.2) is 0 Å². The minimum absolute atomic E-state index is 0.343. The summed E-state index contributed by atoms with van der Waals surface area (Å²) in [6, 6.07) is 24.1. The van der Waals surface area contributed by atoms with Crippen LogP contribution in [0.1, 0.15) is 29.3 Å². The number of fused-ring (bicyclic) bond motifs is 1. The van der Waals surface area contributed by atoms with Gasteiger partial charge in [-0.25, -0.2) is 4.79 Å². The summed E-state index contributed by atoms with van der Waals surface area (Å²) in [6.45, 7) is 2.19. The first-order valence-corrected chi connectivity index (χ1v) is 10.1. The molecule has 1 aromatic heterocycles. The summed E-state index contributed by atoms with van der Waals surface area (Å²) in [5.74, 6) is -0.343. The normalized spacial score (nSPS) is 10.7. The van der Waals surface area contributed by atoms with E-state index in [9.17, 15) is 4.79 Å². The highest BCUT2D eigenvalue weighted by molar-refractivity contribution is 6.02. The minimum atomic E-state index is -0.343. The number of benzene rings is 3. The topological polar surface area (TPSA) is 51.2 Å². The Hall–Kier alpha value is -3.66. The van der Waals surface area contributed by atoms with E-state index in [0.717, 1.165) is 46.2 Å². The van der Waals surface area contributed by atoms with E-state index in [0.29, 0.717) is 5.56 Å². The molecule has 0 bridgehead atoms. The molecule has 30 heavy (non-hydrogen) atoms. The molecule has 0 radical (unpaired) electrons. The van der Waals surface area contributed by atoms with Crippen molar-refractivity contribution in [2.24, 2.45) is 0 Å². The van der Waals surface area contributed by atoms with E-state index in [1.165, 1.54) is 12.7 Å². The van der Waals surface area contributed by atoms with E-state index in [1.807, 2.05) is 30.5 Å². The Morgan fingerprint density at radius 3 is 2.47 bits per heavy atom.